The minimum atomic E-state index is -0.503. The zero-order valence-electron chi connectivity index (χ0n) is 16.0. The first-order valence-corrected chi connectivity index (χ1v) is 8.88. The molecule has 2 rings (SSSR count). The van der Waals surface area contributed by atoms with E-state index in [0.717, 1.165) is 5.56 Å². The predicted octanol–water partition coefficient (Wildman–Crippen LogP) is 2.47. The fourth-order valence-corrected chi connectivity index (χ4v) is 2.54. The van der Waals surface area contributed by atoms with E-state index in [1.807, 2.05) is 6.07 Å². The molecule has 0 aliphatic heterocycles. The van der Waals surface area contributed by atoms with E-state index in [9.17, 15) is 14.4 Å². The van der Waals surface area contributed by atoms with Gasteiger partial charge in [0.1, 0.15) is 0 Å². The van der Waals surface area contributed by atoms with Crippen LogP contribution in [-0.2, 0) is 11.3 Å². The number of nitrogens with one attached hydrogen (secondary N) is 1. The Kier molecular flexibility index (Phi) is 7.56. The number of Topliss-reactive ketones (excluding diaryl/α,β-unsaturated/α-hetero) is 1. The molecule has 7 nitrogen and oxygen atoms in total. The maximum atomic E-state index is 12.0. The molecule has 0 saturated carbocycles. The number of ether oxygens (including phenoxy) is 2. The molecule has 0 saturated heterocycles. The fourth-order valence-electron chi connectivity index (χ4n) is 2.54. The van der Waals surface area contributed by atoms with Crippen molar-refractivity contribution in [2.24, 2.45) is 5.73 Å². The van der Waals surface area contributed by atoms with Crippen LogP contribution in [0.25, 0.3) is 0 Å². The van der Waals surface area contributed by atoms with Crippen molar-refractivity contribution >= 4 is 17.6 Å². The molecule has 3 N–H and O–H groups in total. The van der Waals surface area contributed by atoms with Gasteiger partial charge in [0.15, 0.2) is 17.3 Å². The first-order chi connectivity index (χ1) is 13.4. The number of hydrogen-bond donors (Lipinski definition) is 2. The first kappa shape index (κ1) is 21.0. The molecule has 0 bridgehead atoms. The Bertz CT molecular complexity index is 864. The van der Waals surface area contributed by atoms with Gasteiger partial charge in [-0.15, -0.1) is 0 Å². The molecule has 2 aromatic rings. The molecule has 0 aromatic heterocycles. The first-order valence-electron chi connectivity index (χ1n) is 8.88. The minimum absolute atomic E-state index is 0.0529. The number of methoxy groups -OCH3 is 1. The van der Waals surface area contributed by atoms with Gasteiger partial charge in [0.05, 0.1) is 13.7 Å². The Morgan fingerprint density at radius 3 is 2.50 bits per heavy atom. The molecule has 0 fully saturated rings. The van der Waals surface area contributed by atoms with Gasteiger partial charge in [-0.2, -0.15) is 0 Å². The molecule has 0 heterocycles. The lowest BCUT2D eigenvalue weighted by Gasteiger charge is -2.11. The summed E-state index contributed by atoms with van der Waals surface area (Å²) in [6, 6.07) is 11.8. The summed E-state index contributed by atoms with van der Waals surface area (Å²) in [6.07, 6.45) is 0.814. The highest BCUT2D eigenvalue weighted by Crippen LogP contribution is 2.28. The van der Waals surface area contributed by atoms with Crippen LogP contribution < -0.4 is 20.5 Å². The summed E-state index contributed by atoms with van der Waals surface area (Å²) in [5.41, 5.74) is 7.00. The van der Waals surface area contributed by atoms with Gasteiger partial charge in [-0.25, -0.2) is 0 Å². The van der Waals surface area contributed by atoms with Gasteiger partial charge in [-0.1, -0.05) is 12.1 Å². The number of amides is 2. The van der Waals surface area contributed by atoms with E-state index >= 15 is 0 Å². The maximum Gasteiger partial charge on any atom is 0.248 e. The Balaban J connectivity index is 1.76. The zero-order valence-corrected chi connectivity index (χ0v) is 16.0. The molecule has 0 aliphatic rings. The molecule has 0 unspecified atom stereocenters. The predicted molar refractivity (Wildman–Crippen MR) is 105 cm³/mol. The lowest BCUT2D eigenvalue weighted by atomic mass is 10.1. The number of hydrogen-bond acceptors (Lipinski definition) is 5. The smallest absolute Gasteiger partial charge is 0.248 e. The molecule has 2 aromatic carbocycles. The van der Waals surface area contributed by atoms with Crippen molar-refractivity contribution in [2.45, 2.75) is 26.3 Å². The quantitative estimate of drug-likeness (QED) is 0.483. The van der Waals surface area contributed by atoms with Crippen LogP contribution in [0.3, 0.4) is 0 Å². The van der Waals surface area contributed by atoms with Gasteiger partial charge in [0.25, 0.3) is 0 Å². The van der Waals surface area contributed by atoms with Crippen LogP contribution >= 0.6 is 0 Å². The van der Waals surface area contributed by atoms with Gasteiger partial charge >= 0.3 is 0 Å². The lowest BCUT2D eigenvalue weighted by Crippen LogP contribution is -2.23. The van der Waals surface area contributed by atoms with Crippen molar-refractivity contribution in [3.05, 3.63) is 59.2 Å². The number of ketones is 1. The number of rotatable bonds is 10. The summed E-state index contributed by atoms with van der Waals surface area (Å²) >= 11 is 0. The van der Waals surface area contributed by atoms with E-state index in [2.05, 4.69) is 5.32 Å². The molecule has 7 heteroatoms. The minimum Gasteiger partial charge on any atom is -0.493 e. The normalized spacial score (nSPS) is 10.2. The number of carbonyl (C=O) groups excluding carboxylic acids is 3. The van der Waals surface area contributed by atoms with Crippen molar-refractivity contribution in [1.82, 2.24) is 5.32 Å². The van der Waals surface area contributed by atoms with Gasteiger partial charge in [-0.3, -0.25) is 14.4 Å². The molecule has 148 valence electrons. The number of carbonyl (C=O) groups is 3. The molecule has 2 amide bonds. The van der Waals surface area contributed by atoms with Crippen molar-refractivity contribution < 1.29 is 23.9 Å². The summed E-state index contributed by atoms with van der Waals surface area (Å²) in [7, 11) is 1.51. The van der Waals surface area contributed by atoms with Crippen LogP contribution in [0.1, 0.15) is 46.0 Å². The number of benzene rings is 2. The highest BCUT2D eigenvalue weighted by molar-refractivity contribution is 5.94. The average molecular weight is 384 g/mol. The Labute approximate surface area is 163 Å². The number of nitrogens with two attached hydrogens (primary N) is 1. The van der Waals surface area contributed by atoms with Crippen molar-refractivity contribution in [3.63, 3.8) is 0 Å². The second-order valence-corrected chi connectivity index (χ2v) is 6.22. The van der Waals surface area contributed by atoms with E-state index in [4.69, 9.17) is 15.2 Å². The van der Waals surface area contributed by atoms with Crippen LogP contribution in [0, 0.1) is 0 Å². The van der Waals surface area contributed by atoms with Crippen molar-refractivity contribution in [2.75, 3.05) is 13.7 Å². The van der Waals surface area contributed by atoms with E-state index in [-0.39, 0.29) is 11.7 Å². The third-order valence-corrected chi connectivity index (χ3v) is 4.08. The third kappa shape index (κ3) is 6.12. The van der Waals surface area contributed by atoms with Crippen molar-refractivity contribution in [1.29, 1.82) is 0 Å². The monoisotopic (exact) mass is 384 g/mol. The van der Waals surface area contributed by atoms with E-state index < -0.39 is 5.91 Å². The summed E-state index contributed by atoms with van der Waals surface area (Å²) in [5, 5.41) is 2.80. The molecule has 0 atom stereocenters. The van der Waals surface area contributed by atoms with Crippen LogP contribution in [-0.4, -0.2) is 31.3 Å². The van der Waals surface area contributed by atoms with Gasteiger partial charge in [0.2, 0.25) is 11.8 Å². The standard InChI is InChI=1S/C21H24N2O5/c1-14(24)16-8-9-18(19(12-16)27-2)28-10-4-7-20(25)23-13-15-5-3-6-17(11-15)21(22)26/h3,5-6,8-9,11-12H,4,7,10,13H2,1-2H3,(H2,22,26)(H,23,25). The molecular weight excluding hydrogens is 360 g/mol. The van der Waals surface area contributed by atoms with Crippen molar-refractivity contribution in [3.8, 4) is 11.5 Å². The summed E-state index contributed by atoms with van der Waals surface area (Å²) < 4.78 is 10.9. The lowest BCUT2D eigenvalue weighted by molar-refractivity contribution is -0.121. The molecule has 0 radical (unpaired) electrons. The second kappa shape index (κ2) is 10.1. The fraction of sp³-hybridized carbons (Fsp3) is 0.286. The second-order valence-electron chi connectivity index (χ2n) is 6.22. The van der Waals surface area contributed by atoms with Crippen LogP contribution in [0.5, 0.6) is 11.5 Å². The van der Waals surface area contributed by atoms with E-state index in [0.29, 0.717) is 48.6 Å². The Hall–Kier alpha value is -3.35. The average Bonchev–Trinajstić information content (AvgIpc) is 2.69. The largest absolute Gasteiger partial charge is 0.493 e. The maximum absolute atomic E-state index is 12.0. The van der Waals surface area contributed by atoms with Gasteiger partial charge < -0.3 is 20.5 Å². The molecule has 28 heavy (non-hydrogen) atoms. The Morgan fingerprint density at radius 2 is 1.82 bits per heavy atom. The summed E-state index contributed by atoms with van der Waals surface area (Å²) in [6.45, 7) is 2.14. The Morgan fingerprint density at radius 1 is 1.04 bits per heavy atom. The highest BCUT2D eigenvalue weighted by atomic mass is 16.5. The zero-order chi connectivity index (χ0) is 20.5. The van der Waals surface area contributed by atoms with Gasteiger partial charge in [-0.05, 0) is 49.2 Å². The molecular formula is C21H24N2O5. The molecule has 0 spiro atoms. The summed E-state index contributed by atoms with van der Waals surface area (Å²) in [5.74, 6) is 0.328. The van der Waals surface area contributed by atoms with Gasteiger partial charge in [0, 0.05) is 24.1 Å². The van der Waals surface area contributed by atoms with Crippen LogP contribution in [0.2, 0.25) is 0 Å². The SMILES string of the molecule is COc1cc(C(C)=O)ccc1OCCCC(=O)NCc1cccc(C(N)=O)c1. The third-order valence-electron chi connectivity index (χ3n) is 4.08. The van der Waals surface area contributed by atoms with E-state index in [1.54, 1.807) is 36.4 Å². The highest BCUT2D eigenvalue weighted by Gasteiger charge is 2.09. The van der Waals surface area contributed by atoms with Crippen LogP contribution in [0.4, 0.5) is 0 Å². The summed E-state index contributed by atoms with van der Waals surface area (Å²) in [4.78, 5) is 34.6. The van der Waals surface area contributed by atoms with Crippen LogP contribution in [0.15, 0.2) is 42.5 Å². The topological polar surface area (TPSA) is 108 Å². The van der Waals surface area contributed by atoms with E-state index in [1.165, 1.54) is 14.0 Å². The molecule has 0 aliphatic carbocycles. The number of primary amides is 1.